The fourth-order valence-corrected chi connectivity index (χ4v) is 3.75. The van der Waals surface area contributed by atoms with Crippen molar-refractivity contribution in [1.82, 2.24) is 4.57 Å². The van der Waals surface area contributed by atoms with Crippen molar-refractivity contribution in [3.05, 3.63) is 77.2 Å². The summed E-state index contributed by atoms with van der Waals surface area (Å²) in [4.78, 5) is 13.0. The van der Waals surface area contributed by atoms with Gasteiger partial charge in [0.15, 0.2) is 0 Å². The molecule has 206 valence electrons. The number of anilines is 1. The Bertz CT molecular complexity index is 1330. The molecule has 0 saturated carbocycles. The van der Waals surface area contributed by atoms with Crippen LogP contribution in [0.1, 0.15) is 43.0 Å². The first-order chi connectivity index (χ1) is 17.3. The average Bonchev–Trinajstić information content (AvgIpc) is 3.13. The van der Waals surface area contributed by atoms with E-state index in [1.54, 1.807) is 26.8 Å². The highest BCUT2D eigenvalue weighted by Gasteiger charge is 2.37. The molecule has 0 fully saturated rings. The summed E-state index contributed by atoms with van der Waals surface area (Å²) >= 11 is 0. The van der Waals surface area contributed by atoms with Crippen molar-refractivity contribution in [3.8, 4) is 0 Å². The van der Waals surface area contributed by atoms with Crippen LogP contribution in [0.5, 0.6) is 0 Å². The molecule has 0 radical (unpaired) electrons. The van der Waals surface area contributed by atoms with E-state index >= 15 is 0 Å². The molecule has 2 aromatic carbocycles. The minimum absolute atomic E-state index is 0.00662. The van der Waals surface area contributed by atoms with Gasteiger partial charge in [0.25, 0.3) is 0 Å². The maximum absolute atomic E-state index is 13.4. The number of aromatic nitrogens is 1. The Kier molecular flexibility index (Phi) is 7.55. The molecule has 0 aliphatic rings. The van der Waals surface area contributed by atoms with Gasteiger partial charge in [-0.25, -0.2) is 4.79 Å². The lowest BCUT2D eigenvalue weighted by molar-refractivity contribution is -0.143. The van der Waals surface area contributed by atoms with E-state index in [0.29, 0.717) is 18.2 Å². The molecule has 3 rings (SSSR count). The maximum Gasteiger partial charge on any atom is 0.416 e. The second-order valence-corrected chi connectivity index (χ2v) is 9.00. The molecule has 1 amide bonds. The van der Waals surface area contributed by atoms with E-state index in [2.05, 4.69) is 0 Å². The van der Waals surface area contributed by atoms with Crippen LogP contribution in [0.15, 0.2) is 54.9 Å². The second kappa shape index (κ2) is 9.91. The highest BCUT2D eigenvalue weighted by Crippen LogP contribution is 2.38. The molecule has 1 aromatic heterocycles. The van der Waals surface area contributed by atoms with Crippen LogP contribution >= 0.6 is 0 Å². The zero-order valence-electron chi connectivity index (χ0n) is 20.1. The van der Waals surface area contributed by atoms with Crippen molar-refractivity contribution in [3.63, 3.8) is 0 Å². The van der Waals surface area contributed by atoms with E-state index in [9.17, 15) is 44.3 Å². The Morgan fingerprint density at radius 2 is 1.42 bits per heavy atom. The van der Waals surface area contributed by atoms with Gasteiger partial charge in [0, 0.05) is 23.7 Å². The van der Waals surface area contributed by atoms with Crippen molar-refractivity contribution in [2.45, 2.75) is 51.3 Å². The Hall–Kier alpha value is -3.64. The number of ether oxygens (including phenoxy) is 1. The number of alkyl halides is 9. The topological polar surface area (TPSA) is 43.3 Å². The zero-order chi connectivity index (χ0) is 28.7. The third-order valence-electron chi connectivity index (χ3n) is 5.41. The van der Waals surface area contributed by atoms with Crippen LogP contribution in [0.3, 0.4) is 0 Å². The summed E-state index contributed by atoms with van der Waals surface area (Å²) in [7, 11) is 0. The third kappa shape index (κ3) is 6.62. The zero-order valence-corrected chi connectivity index (χ0v) is 20.1. The van der Waals surface area contributed by atoms with Crippen LogP contribution in [0.4, 0.5) is 50.0 Å². The molecule has 0 spiro atoms. The molecule has 0 saturated heterocycles. The van der Waals surface area contributed by atoms with Crippen molar-refractivity contribution in [1.29, 1.82) is 0 Å². The first-order valence-electron chi connectivity index (χ1n) is 10.9. The van der Waals surface area contributed by atoms with Gasteiger partial charge in [-0.05, 0) is 62.7 Å². The van der Waals surface area contributed by atoms with Gasteiger partial charge in [-0.1, -0.05) is 6.08 Å². The normalized spacial score (nSPS) is 13.4. The lowest BCUT2D eigenvalue weighted by Crippen LogP contribution is -2.25. The summed E-state index contributed by atoms with van der Waals surface area (Å²) < 4.78 is 126. The number of nitrogens with one attached hydrogen (secondary N) is 1. The number of benzene rings is 2. The first-order valence-corrected chi connectivity index (χ1v) is 10.9. The standard InChI is InChI=1S/C25H21F9N2O2/c1-4-7-38-22(2,3)12-14-13-36(20-6-5-15(11-19(14)20)23(26,27)28)21(37)35-18-9-16(24(29,30)31)8-17(10-18)25(32,33)34/h4-11,13H,12H2,1-3H3,(H,35,37). The molecule has 0 bridgehead atoms. The molecular formula is C25H21F9N2O2. The number of fused-ring (bicyclic) bond motifs is 1. The van der Waals surface area contributed by atoms with Gasteiger partial charge in [-0.15, -0.1) is 0 Å². The SMILES string of the molecule is CC=COC(C)(C)Cc1cn(C(=O)Nc2cc(C(F)(F)F)cc(C(F)(F)F)c2)c2ccc(C(F)(F)F)cc12. The molecule has 13 heteroatoms. The van der Waals surface area contributed by atoms with E-state index in [4.69, 9.17) is 4.74 Å². The maximum atomic E-state index is 13.4. The van der Waals surface area contributed by atoms with Gasteiger partial charge in [0.1, 0.15) is 5.60 Å². The highest BCUT2D eigenvalue weighted by molar-refractivity contribution is 6.00. The molecule has 0 atom stereocenters. The molecule has 38 heavy (non-hydrogen) atoms. The minimum Gasteiger partial charge on any atom is -0.495 e. The predicted octanol–water partition coefficient (Wildman–Crippen LogP) is 8.65. The smallest absolute Gasteiger partial charge is 0.416 e. The molecule has 0 aliphatic heterocycles. The van der Waals surface area contributed by atoms with Gasteiger partial charge >= 0.3 is 24.6 Å². The largest absolute Gasteiger partial charge is 0.495 e. The number of carbonyl (C=O) groups is 1. The lowest BCUT2D eigenvalue weighted by atomic mass is 9.97. The number of halogens is 9. The van der Waals surface area contributed by atoms with Gasteiger partial charge in [-0.2, -0.15) is 39.5 Å². The molecule has 0 aliphatic carbocycles. The number of rotatable bonds is 5. The minimum atomic E-state index is -5.14. The molecule has 3 aromatic rings. The number of nitrogens with zero attached hydrogens (tertiary/aromatic N) is 1. The number of allylic oxidation sites excluding steroid dienone is 1. The van der Waals surface area contributed by atoms with Gasteiger partial charge in [0.05, 0.1) is 28.5 Å². The second-order valence-electron chi connectivity index (χ2n) is 9.00. The Morgan fingerprint density at radius 3 is 1.92 bits per heavy atom. The van der Waals surface area contributed by atoms with E-state index in [-0.39, 0.29) is 29.0 Å². The van der Waals surface area contributed by atoms with Crippen molar-refractivity contribution >= 4 is 22.6 Å². The lowest BCUT2D eigenvalue weighted by Gasteiger charge is -2.24. The highest BCUT2D eigenvalue weighted by atomic mass is 19.4. The fraction of sp³-hybridized carbons (Fsp3) is 0.320. The predicted molar refractivity (Wildman–Crippen MR) is 121 cm³/mol. The summed E-state index contributed by atoms with van der Waals surface area (Å²) in [6.45, 7) is 4.97. The molecule has 1 heterocycles. The summed E-state index contributed by atoms with van der Waals surface area (Å²) in [5.41, 5.74) is -5.85. The molecule has 0 unspecified atom stereocenters. The first kappa shape index (κ1) is 28.9. The van der Waals surface area contributed by atoms with Gasteiger partial charge in [0.2, 0.25) is 0 Å². The van der Waals surface area contributed by atoms with Crippen LogP contribution in [0.25, 0.3) is 10.9 Å². The van der Waals surface area contributed by atoms with Crippen molar-refractivity contribution in [2.75, 3.05) is 5.32 Å². The Labute approximate surface area is 210 Å². The number of amides is 1. The quantitative estimate of drug-likeness (QED) is 0.254. The van der Waals surface area contributed by atoms with E-state index < -0.39 is 52.5 Å². The number of hydrogen-bond donors (Lipinski definition) is 1. The average molecular weight is 552 g/mol. The third-order valence-corrected chi connectivity index (χ3v) is 5.41. The van der Waals surface area contributed by atoms with Crippen LogP contribution in [0.2, 0.25) is 0 Å². The summed E-state index contributed by atoms with van der Waals surface area (Å²) in [6.07, 6.45) is -10.8. The Balaban J connectivity index is 2.10. The van der Waals surface area contributed by atoms with Crippen LogP contribution in [0, 0.1) is 0 Å². The molecular weight excluding hydrogens is 531 g/mol. The molecule has 4 nitrogen and oxygen atoms in total. The Morgan fingerprint density at radius 1 is 0.868 bits per heavy atom. The summed E-state index contributed by atoms with van der Waals surface area (Å²) in [6, 6.07) is 1.90. The molecule has 1 N–H and O–H groups in total. The van der Waals surface area contributed by atoms with Crippen molar-refractivity contribution in [2.24, 2.45) is 0 Å². The summed E-state index contributed by atoms with van der Waals surface area (Å²) in [5.74, 6) is 0. The van der Waals surface area contributed by atoms with Crippen LogP contribution < -0.4 is 5.32 Å². The van der Waals surface area contributed by atoms with Gasteiger partial charge < -0.3 is 10.1 Å². The van der Waals surface area contributed by atoms with Gasteiger partial charge in [-0.3, -0.25) is 4.57 Å². The number of carbonyl (C=O) groups excluding carboxylic acids is 1. The van der Waals surface area contributed by atoms with E-state index in [0.717, 1.165) is 16.7 Å². The monoisotopic (exact) mass is 552 g/mol. The van der Waals surface area contributed by atoms with Crippen LogP contribution in [-0.4, -0.2) is 16.2 Å². The number of hydrogen-bond acceptors (Lipinski definition) is 2. The fourth-order valence-electron chi connectivity index (χ4n) is 3.75. The summed E-state index contributed by atoms with van der Waals surface area (Å²) in [5, 5.41) is 2.00. The van der Waals surface area contributed by atoms with E-state index in [1.807, 2.05) is 5.32 Å². The van der Waals surface area contributed by atoms with E-state index in [1.165, 1.54) is 12.5 Å². The van der Waals surface area contributed by atoms with Crippen molar-refractivity contribution < 1.29 is 49.0 Å². The van der Waals surface area contributed by atoms with Crippen LogP contribution in [-0.2, 0) is 29.7 Å².